The molecule has 1 amide bonds. The number of amides is 1. The van der Waals surface area contributed by atoms with Crippen molar-refractivity contribution in [3.63, 3.8) is 0 Å². The molecule has 146 valence electrons. The Bertz CT molecular complexity index is 1090. The quantitative estimate of drug-likeness (QED) is 0.686. The molecule has 0 radical (unpaired) electrons. The van der Waals surface area contributed by atoms with Gasteiger partial charge in [0.2, 0.25) is 12.7 Å². The second kappa shape index (κ2) is 6.85. The number of rotatable bonds is 5. The summed E-state index contributed by atoms with van der Waals surface area (Å²) in [6.45, 7) is 0.230. The van der Waals surface area contributed by atoms with Gasteiger partial charge < -0.3 is 19.5 Å². The lowest BCUT2D eigenvalue weighted by atomic mass is 9.94. The number of fused-ring (bicyclic) bond motifs is 1. The second-order valence-corrected chi connectivity index (χ2v) is 7.39. The van der Waals surface area contributed by atoms with Crippen molar-refractivity contribution in [2.45, 2.75) is 18.3 Å². The minimum absolute atomic E-state index is 0.00791. The van der Waals surface area contributed by atoms with Crippen LogP contribution in [0.25, 0.3) is 11.1 Å². The van der Waals surface area contributed by atoms with Crippen molar-refractivity contribution in [2.75, 3.05) is 19.2 Å². The number of benzene rings is 3. The van der Waals surface area contributed by atoms with Gasteiger partial charge in [0.05, 0.1) is 12.5 Å². The molecular formula is C24H21NO4. The fourth-order valence-corrected chi connectivity index (χ4v) is 3.86. The number of anilines is 1. The van der Waals surface area contributed by atoms with Crippen LogP contribution in [0.5, 0.6) is 17.2 Å². The molecule has 1 heterocycles. The maximum Gasteiger partial charge on any atom is 0.235 e. The number of hydrogen-bond donors (Lipinski definition) is 1. The normalized spacial score (nSPS) is 15.6. The molecule has 0 aromatic heterocycles. The largest absolute Gasteiger partial charge is 0.496 e. The molecule has 5 nitrogen and oxygen atoms in total. The summed E-state index contributed by atoms with van der Waals surface area (Å²) in [4.78, 5) is 13.2. The summed E-state index contributed by atoms with van der Waals surface area (Å²) in [7, 11) is 1.66. The molecule has 0 bridgehead atoms. The highest BCUT2D eigenvalue weighted by Gasteiger charge is 2.51. The molecule has 3 aromatic rings. The molecule has 29 heavy (non-hydrogen) atoms. The maximum absolute atomic E-state index is 13.2. The van der Waals surface area contributed by atoms with Gasteiger partial charge in [0.1, 0.15) is 5.75 Å². The van der Waals surface area contributed by atoms with E-state index in [-0.39, 0.29) is 12.7 Å². The number of nitrogens with one attached hydrogen (secondary N) is 1. The molecule has 5 rings (SSSR count). The first-order chi connectivity index (χ1) is 14.2. The van der Waals surface area contributed by atoms with Gasteiger partial charge in [-0.25, -0.2) is 0 Å². The van der Waals surface area contributed by atoms with Crippen molar-refractivity contribution < 1.29 is 19.0 Å². The van der Waals surface area contributed by atoms with Crippen LogP contribution in [0.4, 0.5) is 5.69 Å². The third-order valence-corrected chi connectivity index (χ3v) is 5.65. The lowest BCUT2D eigenvalue weighted by molar-refractivity contribution is -0.118. The van der Waals surface area contributed by atoms with Crippen molar-refractivity contribution in [1.82, 2.24) is 0 Å². The standard InChI is InChI=1S/C24H21NO4/c1-27-20-8-3-2-7-19(20)16-5-4-6-18(13-16)25-23(26)24(11-12-24)17-9-10-21-22(14-17)29-15-28-21/h2-10,13-14H,11-12,15H2,1H3,(H,25,26). The molecule has 1 N–H and O–H groups in total. The monoisotopic (exact) mass is 387 g/mol. The van der Waals surface area contributed by atoms with E-state index < -0.39 is 5.41 Å². The van der Waals surface area contributed by atoms with E-state index in [4.69, 9.17) is 14.2 Å². The predicted octanol–water partition coefficient (Wildman–Crippen LogP) is 4.76. The van der Waals surface area contributed by atoms with E-state index in [1.54, 1.807) is 7.11 Å². The summed E-state index contributed by atoms with van der Waals surface area (Å²) >= 11 is 0. The zero-order chi connectivity index (χ0) is 19.8. The summed E-state index contributed by atoms with van der Waals surface area (Å²) in [5, 5.41) is 3.11. The summed E-state index contributed by atoms with van der Waals surface area (Å²) in [6.07, 6.45) is 1.65. The van der Waals surface area contributed by atoms with Crippen LogP contribution in [0.15, 0.2) is 66.7 Å². The molecule has 0 unspecified atom stereocenters. The van der Waals surface area contributed by atoms with Gasteiger partial charge in [-0.3, -0.25) is 4.79 Å². The van der Waals surface area contributed by atoms with Crippen molar-refractivity contribution >= 4 is 11.6 Å². The minimum atomic E-state index is -0.499. The van der Waals surface area contributed by atoms with Crippen LogP contribution in [0.2, 0.25) is 0 Å². The number of methoxy groups -OCH3 is 1. The Morgan fingerprint density at radius 2 is 1.79 bits per heavy atom. The van der Waals surface area contributed by atoms with Crippen molar-refractivity contribution in [1.29, 1.82) is 0 Å². The number of carbonyl (C=O) groups excluding carboxylic acids is 1. The SMILES string of the molecule is COc1ccccc1-c1cccc(NC(=O)C2(c3ccc4c(c3)OCO4)CC2)c1. The highest BCUT2D eigenvalue weighted by molar-refractivity contribution is 6.02. The third-order valence-electron chi connectivity index (χ3n) is 5.65. The first kappa shape index (κ1) is 17.6. The lowest BCUT2D eigenvalue weighted by Crippen LogP contribution is -2.27. The van der Waals surface area contributed by atoms with Crippen LogP contribution < -0.4 is 19.5 Å². The maximum atomic E-state index is 13.2. The number of carbonyl (C=O) groups is 1. The molecule has 1 fully saturated rings. The Morgan fingerprint density at radius 1 is 0.966 bits per heavy atom. The Kier molecular flexibility index (Phi) is 4.16. The Morgan fingerprint density at radius 3 is 2.62 bits per heavy atom. The topological polar surface area (TPSA) is 56.8 Å². The minimum Gasteiger partial charge on any atom is -0.496 e. The first-order valence-corrected chi connectivity index (χ1v) is 9.65. The van der Waals surface area contributed by atoms with Gasteiger partial charge in [0.25, 0.3) is 0 Å². The van der Waals surface area contributed by atoms with Crippen LogP contribution in [-0.2, 0) is 10.2 Å². The Hall–Kier alpha value is -3.47. The van der Waals surface area contributed by atoms with E-state index in [1.165, 1.54) is 0 Å². The van der Waals surface area contributed by atoms with E-state index in [0.717, 1.165) is 46.7 Å². The zero-order valence-corrected chi connectivity index (χ0v) is 16.1. The van der Waals surface area contributed by atoms with Crippen molar-refractivity contribution in [3.05, 3.63) is 72.3 Å². The molecule has 0 spiro atoms. The Balaban J connectivity index is 1.40. The van der Waals surface area contributed by atoms with E-state index in [0.29, 0.717) is 5.75 Å². The average Bonchev–Trinajstić information content (AvgIpc) is 3.45. The number of para-hydroxylation sites is 1. The highest BCUT2D eigenvalue weighted by Crippen LogP contribution is 2.51. The zero-order valence-electron chi connectivity index (χ0n) is 16.1. The molecule has 2 aliphatic rings. The second-order valence-electron chi connectivity index (χ2n) is 7.39. The summed E-state index contributed by atoms with van der Waals surface area (Å²) < 4.78 is 16.3. The van der Waals surface area contributed by atoms with Crippen LogP contribution in [0.3, 0.4) is 0 Å². The van der Waals surface area contributed by atoms with Gasteiger partial charge >= 0.3 is 0 Å². The fraction of sp³-hybridized carbons (Fsp3) is 0.208. The molecule has 1 saturated carbocycles. The van der Waals surface area contributed by atoms with Crippen molar-refractivity contribution in [3.8, 4) is 28.4 Å². The van der Waals surface area contributed by atoms with E-state index in [9.17, 15) is 4.79 Å². The average molecular weight is 387 g/mol. The Labute approximate surface area is 169 Å². The molecule has 1 aliphatic heterocycles. The van der Waals surface area contributed by atoms with Crippen LogP contribution in [0.1, 0.15) is 18.4 Å². The number of hydrogen-bond acceptors (Lipinski definition) is 4. The van der Waals surface area contributed by atoms with E-state index >= 15 is 0 Å². The first-order valence-electron chi connectivity index (χ1n) is 9.65. The summed E-state index contributed by atoms with van der Waals surface area (Å²) in [5.74, 6) is 2.25. The highest BCUT2D eigenvalue weighted by atomic mass is 16.7. The molecule has 1 aliphatic carbocycles. The molecule has 0 atom stereocenters. The van der Waals surface area contributed by atoms with Crippen LogP contribution >= 0.6 is 0 Å². The van der Waals surface area contributed by atoms with E-state index in [1.807, 2.05) is 66.7 Å². The van der Waals surface area contributed by atoms with E-state index in [2.05, 4.69) is 5.32 Å². The van der Waals surface area contributed by atoms with Crippen LogP contribution in [0, 0.1) is 0 Å². The van der Waals surface area contributed by atoms with Gasteiger partial charge in [-0.15, -0.1) is 0 Å². The molecule has 5 heteroatoms. The predicted molar refractivity (Wildman–Crippen MR) is 111 cm³/mol. The van der Waals surface area contributed by atoms with Gasteiger partial charge in [-0.2, -0.15) is 0 Å². The molecular weight excluding hydrogens is 366 g/mol. The van der Waals surface area contributed by atoms with Crippen LogP contribution in [-0.4, -0.2) is 19.8 Å². The van der Waals surface area contributed by atoms with Gasteiger partial charge in [0.15, 0.2) is 11.5 Å². The summed E-state index contributed by atoms with van der Waals surface area (Å²) in [6, 6.07) is 21.5. The smallest absolute Gasteiger partial charge is 0.235 e. The van der Waals surface area contributed by atoms with Gasteiger partial charge in [0, 0.05) is 11.3 Å². The molecule has 0 saturated heterocycles. The fourth-order valence-electron chi connectivity index (χ4n) is 3.86. The van der Waals surface area contributed by atoms with Crippen molar-refractivity contribution in [2.24, 2.45) is 0 Å². The molecule has 3 aromatic carbocycles. The van der Waals surface area contributed by atoms with Gasteiger partial charge in [-0.1, -0.05) is 36.4 Å². The third kappa shape index (κ3) is 3.09. The number of ether oxygens (including phenoxy) is 3. The lowest BCUT2D eigenvalue weighted by Gasteiger charge is -2.17. The van der Waals surface area contributed by atoms with Gasteiger partial charge in [-0.05, 0) is 54.3 Å². The summed E-state index contributed by atoms with van der Waals surface area (Å²) in [5.41, 5.74) is 3.23.